The molecule has 1 saturated heterocycles. The number of amides is 2. The molecule has 1 aliphatic rings. The standard InChI is InChI=1S/C25H23N3O5S2/c1-32-24(31)18-7-4-11-27(18)22(29)10-12-28(23(30)21-9-5-13-34-21)25-26-17(15-35-25)20-14-16-6-2-3-8-19(16)33-20/h2-3,5-6,8-9,13-15,18H,4,7,10-12H2,1H3. The van der Waals surface area contributed by atoms with Crippen LogP contribution in [0.5, 0.6) is 0 Å². The average molecular weight is 510 g/mol. The Balaban J connectivity index is 1.38. The van der Waals surface area contributed by atoms with Gasteiger partial charge in [0.15, 0.2) is 10.9 Å². The van der Waals surface area contributed by atoms with Gasteiger partial charge in [0, 0.05) is 30.3 Å². The fourth-order valence-corrected chi connectivity index (χ4v) is 5.73. The van der Waals surface area contributed by atoms with Gasteiger partial charge in [0.2, 0.25) is 5.91 Å². The third-order valence-electron chi connectivity index (χ3n) is 5.97. The van der Waals surface area contributed by atoms with Gasteiger partial charge in [-0.25, -0.2) is 9.78 Å². The molecule has 0 saturated carbocycles. The zero-order valence-electron chi connectivity index (χ0n) is 19.0. The Hall–Kier alpha value is -3.50. The Morgan fingerprint density at radius 1 is 1.20 bits per heavy atom. The summed E-state index contributed by atoms with van der Waals surface area (Å²) in [5, 5.41) is 5.14. The fraction of sp³-hybridized carbons (Fsp3) is 0.280. The highest BCUT2D eigenvalue weighted by Crippen LogP contribution is 2.32. The first kappa shape index (κ1) is 23.3. The van der Waals surface area contributed by atoms with Crippen LogP contribution in [0.3, 0.4) is 0 Å². The first-order valence-electron chi connectivity index (χ1n) is 11.2. The Morgan fingerprint density at radius 2 is 2.06 bits per heavy atom. The molecule has 0 spiro atoms. The number of ether oxygens (including phenoxy) is 1. The lowest BCUT2D eigenvalue weighted by atomic mass is 10.2. The van der Waals surface area contributed by atoms with Crippen LogP contribution in [0.4, 0.5) is 5.13 Å². The summed E-state index contributed by atoms with van der Waals surface area (Å²) in [6.07, 6.45) is 1.41. The van der Waals surface area contributed by atoms with Crippen molar-refractivity contribution in [3.8, 4) is 11.5 Å². The monoisotopic (exact) mass is 509 g/mol. The number of methoxy groups -OCH3 is 1. The molecule has 5 rings (SSSR count). The number of hydrogen-bond acceptors (Lipinski definition) is 8. The number of carbonyl (C=O) groups excluding carboxylic acids is 3. The number of rotatable bonds is 7. The molecule has 8 nitrogen and oxygen atoms in total. The molecule has 0 N–H and O–H groups in total. The maximum atomic E-state index is 13.3. The maximum absolute atomic E-state index is 13.3. The molecule has 1 fully saturated rings. The molecule has 1 atom stereocenters. The van der Waals surface area contributed by atoms with E-state index >= 15 is 0 Å². The second kappa shape index (κ2) is 10.0. The number of para-hydroxylation sites is 1. The maximum Gasteiger partial charge on any atom is 0.328 e. The molecule has 4 aromatic rings. The summed E-state index contributed by atoms with van der Waals surface area (Å²) in [6, 6.07) is 12.6. The number of aromatic nitrogens is 1. The van der Waals surface area contributed by atoms with Crippen LogP contribution >= 0.6 is 22.7 Å². The molecule has 4 heterocycles. The average Bonchev–Trinajstić information content (AvgIpc) is 3.69. The van der Waals surface area contributed by atoms with Gasteiger partial charge < -0.3 is 14.1 Å². The van der Waals surface area contributed by atoms with Crippen molar-refractivity contribution >= 4 is 56.6 Å². The van der Waals surface area contributed by atoms with Crippen molar-refractivity contribution in [3.63, 3.8) is 0 Å². The molecule has 0 radical (unpaired) electrons. The number of thiophene rings is 1. The van der Waals surface area contributed by atoms with Crippen molar-refractivity contribution in [1.29, 1.82) is 0 Å². The lowest BCUT2D eigenvalue weighted by molar-refractivity contribution is -0.150. The molecular formula is C25H23N3O5S2. The van der Waals surface area contributed by atoms with E-state index in [0.717, 1.165) is 17.4 Å². The molecule has 1 unspecified atom stereocenters. The Labute approximate surface area is 209 Å². The van der Waals surface area contributed by atoms with E-state index in [4.69, 9.17) is 9.15 Å². The van der Waals surface area contributed by atoms with Gasteiger partial charge in [0.05, 0.1) is 12.0 Å². The van der Waals surface area contributed by atoms with Gasteiger partial charge in [-0.3, -0.25) is 14.5 Å². The minimum absolute atomic E-state index is 0.0736. The number of esters is 1. The van der Waals surface area contributed by atoms with Gasteiger partial charge in [-0.1, -0.05) is 24.3 Å². The molecule has 0 aliphatic carbocycles. The predicted octanol–water partition coefficient (Wildman–Crippen LogP) is 4.82. The summed E-state index contributed by atoms with van der Waals surface area (Å²) in [7, 11) is 1.33. The van der Waals surface area contributed by atoms with Crippen LogP contribution in [0, 0.1) is 0 Å². The van der Waals surface area contributed by atoms with Crippen LogP contribution in [-0.4, -0.2) is 53.9 Å². The lowest BCUT2D eigenvalue weighted by Crippen LogP contribution is -2.43. The third kappa shape index (κ3) is 4.71. The first-order valence-corrected chi connectivity index (χ1v) is 13.0. The number of hydrogen-bond donors (Lipinski definition) is 0. The van der Waals surface area contributed by atoms with E-state index in [2.05, 4.69) is 4.98 Å². The van der Waals surface area contributed by atoms with Crippen LogP contribution < -0.4 is 4.90 Å². The van der Waals surface area contributed by atoms with Gasteiger partial charge in [0.1, 0.15) is 17.3 Å². The summed E-state index contributed by atoms with van der Waals surface area (Å²) in [5.41, 5.74) is 1.39. The second-order valence-corrected chi connectivity index (χ2v) is 9.90. The number of carbonyl (C=O) groups is 3. The topological polar surface area (TPSA) is 93.0 Å². The molecule has 1 aromatic carbocycles. The summed E-state index contributed by atoms with van der Waals surface area (Å²) in [6.45, 7) is 0.651. The number of fused-ring (bicyclic) bond motifs is 1. The van der Waals surface area contributed by atoms with E-state index in [1.165, 1.54) is 34.7 Å². The highest BCUT2D eigenvalue weighted by molar-refractivity contribution is 7.14. The molecule has 3 aromatic heterocycles. The van der Waals surface area contributed by atoms with E-state index in [-0.39, 0.29) is 24.8 Å². The van der Waals surface area contributed by atoms with E-state index in [1.807, 2.05) is 47.2 Å². The fourth-order valence-electron chi connectivity index (χ4n) is 4.22. The highest BCUT2D eigenvalue weighted by Gasteiger charge is 2.35. The summed E-state index contributed by atoms with van der Waals surface area (Å²) >= 11 is 2.66. The van der Waals surface area contributed by atoms with Crippen LogP contribution in [0.25, 0.3) is 22.4 Å². The number of furan rings is 1. The Bertz CT molecular complexity index is 1330. The minimum atomic E-state index is -0.562. The molecule has 2 amide bonds. The lowest BCUT2D eigenvalue weighted by Gasteiger charge is -2.24. The van der Waals surface area contributed by atoms with Crippen molar-refractivity contribution in [2.45, 2.75) is 25.3 Å². The number of thiazole rings is 1. The van der Waals surface area contributed by atoms with Crippen LogP contribution in [0.2, 0.25) is 0 Å². The largest absolute Gasteiger partial charge is 0.467 e. The zero-order chi connectivity index (χ0) is 24.4. The molecule has 180 valence electrons. The molecular weight excluding hydrogens is 486 g/mol. The van der Waals surface area contributed by atoms with Gasteiger partial charge in [-0.15, -0.1) is 22.7 Å². The number of likely N-dealkylation sites (tertiary alicyclic amines) is 1. The summed E-state index contributed by atoms with van der Waals surface area (Å²) in [5.74, 6) is -0.191. The number of anilines is 1. The van der Waals surface area contributed by atoms with Crippen LogP contribution in [0.1, 0.15) is 28.9 Å². The van der Waals surface area contributed by atoms with Crippen molar-refractivity contribution in [3.05, 3.63) is 58.1 Å². The Morgan fingerprint density at radius 3 is 2.83 bits per heavy atom. The van der Waals surface area contributed by atoms with E-state index in [0.29, 0.717) is 34.4 Å². The predicted molar refractivity (Wildman–Crippen MR) is 135 cm³/mol. The zero-order valence-corrected chi connectivity index (χ0v) is 20.6. The molecule has 1 aliphatic heterocycles. The van der Waals surface area contributed by atoms with Gasteiger partial charge in [0.25, 0.3) is 5.91 Å². The smallest absolute Gasteiger partial charge is 0.328 e. The quantitative estimate of drug-likeness (QED) is 0.332. The molecule has 10 heteroatoms. The van der Waals surface area contributed by atoms with Crippen molar-refractivity contribution in [1.82, 2.24) is 9.88 Å². The van der Waals surface area contributed by atoms with Gasteiger partial charge >= 0.3 is 5.97 Å². The molecule has 35 heavy (non-hydrogen) atoms. The van der Waals surface area contributed by atoms with Crippen molar-refractivity contribution in [2.75, 3.05) is 25.1 Å². The van der Waals surface area contributed by atoms with Gasteiger partial charge in [-0.2, -0.15) is 0 Å². The SMILES string of the molecule is COC(=O)C1CCCN1C(=O)CCN(C(=O)c1cccs1)c1nc(-c2cc3ccccc3o2)cs1. The number of nitrogens with zero attached hydrogens (tertiary/aromatic N) is 3. The normalized spacial score (nSPS) is 15.5. The summed E-state index contributed by atoms with van der Waals surface area (Å²) < 4.78 is 10.8. The molecule has 0 bridgehead atoms. The number of benzene rings is 1. The van der Waals surface area contributed by atoms with E-state index in [9.17, 15) is 14.4 Å². The minimum Gasteiger partial charge on any atom is -0.467 e. The third-order valence-corrected chi connectivity index (χ3v) is 7.70. The van der Waals surface area contributed by atoms with Gasteiger partial charge in [-0.05, 0) is 36.4 Å². The second-order valence-electron chi connectivity index (χ2n) is 8.12. The van der Waals surface area contributed by atoms with Crippen LogP contribution in [-0.2, 0) is 14.3 Å². The summed E-state index contributed by atoms with van der Waals surface area (Å²) in [4.78, 5) is 46.7. The van der Waals surface area contributed by atoms with Crippen molar-refractivity contribution in [2.24, 2.45) is 0 Å². The van der Waals surface area contributed by atoms with Crippen LogP contribution in [0.15, 0.2) is 57.6 Å². The Kier molecular flexibility index (Phi) is 6.65. The van der Waals surface area contributed by atoms with E-state index < -0.39 is 12.0 Å². The first-order chi connectivity index (χ1) is 17.0. The van der Waals surface area contributed by atoms with Crippen molar-refractivity contribution < 1.29 is 23.5 Å². The highest BCUT2D eigenvalue weighted by atomic mass is 32.1. The van der Waals surface area contributed by atoms with E-state index in [1.54, 1.807) is 11.0 Å².